The van der Waals surface area contributed by atoms with E-state index in [-0.39, 0.29) is 5.75 Å². The first-order chi connectivity index (χ1) is 8.18. The largest absolute Gasteiger partial charge is 0.508 e. The van der Waals surface area contributed by atoms with Crippen molar-refractivity contribution < 1.29 is 5.11 Å². The van der Waals surface area contributed by atoms with Crippen LogP contribution < -0.4 is 5.32 Å². The van der Waals surface area contributed by atoms with Gasteiger partial charge in [-0.3, -0.25) is 5.10 Å². The number of rotatable bonds is 4. The van der Waals surface area contributed by atoms with Gasteiger partial charge in [0.05, 0.1) is 6.20 Å². The Balaban J connectivity index is 1.97. The number of phenols is 1. The number of halogens is 1. The fourth-order valence-electron chi connectivity index (χ4n) is 1.60. The normalized spacial score (nSPS) is 10.7. The van der Waals surface area contributed by atoms with Gasteiger partial charge >= 0.3 is 0 Å². The van der Waals surface area contributed by atoms with Crippen molar-refractivity contribution in [2.75, 3.05) is 0 Å². The average Bonchev–Trinajstić information content (AvgIpc) is 2.69. The minimum absolute atomic E-state index is 0.217. The number of H-pyrrole nitrogens is 1. The molecule has 0 bridgehead atoms. The zero-order valence-corrected chi connectivity index (χ0v) is 10.3. The smallest absolute Gasteiger partial charge is 0.121 e. The second kappa shape index (κ2) is 5.21. The van der Waals surface area contributed by atoms with Gasteiger partial charge in [0.25, 0.3) is 0 Å². The molecular weight excluding hydrogens is 238 g/mol. The maximum absolute atomic E-state index is 9.66. The minimum atomic E-state index is 0.217. The molecule has 0 spiro atoms. The van der Waals surface area contributed by atoms with Gasteiger partial charge in [-0.2, -0.15) is 5.10 Å². The van der Waals surface area contributed by atoms with Crippen molar-refractivity contribution in [3.8, 4) is 5.75 Å². The molecule has 0 saturated heterocycles. The van der Waals surface area contributed by atoms with E-state index in [1.807, 2.05) is 6.92 Å². The summed E-state index contributed by atoms with van der Waals surface area (Å²) >= 11 is 6.00. The van der Waals surface area contributed by atoms with Crippen LogP contribution in [0.1, 0.15) is 16.8 Å². The van der Waals surface area contributed by atoms with Crippen LogP contribution in [-0.4, -0.2) is 15.3 Å². The van der Waals surface area contributed by atoms with Crippen LogP contribution in [0, 0.1) is 6.92 Å². The summed E-state index contributed by atoms with van der Waals surface area (Å²) < 4.78 is 0. The fourth-order valence-corrected chi connectivity index (χ4v) is 1.83. The van der Waals surface area contributed by atoms with Gasteiger partial charge in [0, 0.05) is 34.9 Å². The second-order valence-corrected chi connectivity index (χ2v) is 4.27. The lowest BCUT2D eigenvalue weighted by atomic mass is 10.2. The molecular formula is C12H14ClN3O. The van der Waals surface area contributed by atoms with Gasteiger partial charge in [0.1, 0.15) is 5.75 Å². The molecule has 0 fully saturated rings. The van der Waals surface area contributed by atoms with E-state index < -0.39 is 0 Å². The number of nitrogens with one attached hydrogen (secondary N) is 2. The molecule has 0 atom stereocenters. The molecule has 0 aliphatic heterocycles. The Morgan fingerprint density at radius 1 is 1.41 bits per heavy atom. The molecule has 5 heteroatoms. The number of phenolic OH excluding ortho intramolecular Hbond substituents is 1. The number of aromatic nitrogens is 2. The van der Waals surface area contributed by atoms with Crippen molar-refractivity contribution in [1.82, 2.24) is 15.5 Å². The van der Waals surface area contributed by atoms with Gasteiger partial charge < -0.3 is 10.4 Å². The molecule has 90 valence electrons. The summed E-state index contributed by atoms with van der Waals surface area (Å²) in [6, 6.07) is 5.12. The molecule has 0 radical (unpaired) electrons. The molecule has 1 heterocycles. The van der Waals surface area contributed by atoms with Crippen molar-refractivity contribution >= 4 is 11.6 Å². The molecule has 0 aliphatic rings. The van der Waals surface area contributed by atoms with Gasteiger partial charge in [-0.25, -0.2) is 0 Å². The van der Waals surface area contributed by atoms with Crippen molar-refractivity contribution in [2.45, 2.75) is 20.0 Å². The number of benzene rings is 1. The monoisotopic (exact) mass is 251 g/mol. The van der Waals surface area contributed by atoms with Gasteiger partial charge in [-0.05, 0) is 19.1 Å². The molecule has 3 N–H and O–H groups in total. The molecule has 1 aromatic carbocycles. The second-order valence-electron chi connectivity index (χ2n) is 3.86. The number of aromatic amines is 1. The van der Waals surface area contributed by atoms with Crippen LogP contribution in [0.4, 0.5) is 0 Å². The number of hydrogen-bond donors (Lipinski definition) is 3. The topological polar surface area (TPSA) is 60.9 Å². The quantitative estimate of drug-likeness (QED) is 0.782. The van der Waals surface area contributed by atoms with E-state index in [0.29, 0.717) is 18.1 Å². The molecule has 0 amide bonds. The molecule has 4 nitrogen and oxygen atoms in total. The number of aromatic hydroxyl groups is 1. The Kier molecular flexibility index (Phi) is 3.66. The summed E-state index contributed by atoms with van der Waals surface area (Å²) in [6.45, 7) is 3.18. The van der Waals surface area contributed by atoms with Crippen molar-refractivity contribution in [3.05, 3.63) is 46.2 Å². The minimum Gasteiger partial charge on any atom is -0.508 e. The highest BCUT2D eigenvalue weighted by molar-refractivity contribution is 6.31. The van der Waals surface area contributed by atoms with Crippen LogP contribution in [0.5, 0.6) is 5.75 Å². The van der Waals surface area contributed by atoms with E-state index in [1.54, 1.807) is 24.4 Å². The van der Waals surface area contributed by atoms with Crippen LogP contribution >= 0.6 is 11.6 Å². The summed E-state index contributed by atoms with van der Waals surface area (Å²) in [6.07, 6.45) is 1.79. The van der Waals surface area contributed by atoms with Gasteiger partial charge in [0.15, 0.2) is 0 Å². The Morgan fingerprint density at radius 3 is 2.88 bits per heavy atom. The van der Waals surface area contributed by atoms with Gasteiger partial charge in [0.2, 0.25) is 0 Å². The molecule has 0 unspecified atom stereocenters. The highest BCUT2D eigenvalue weighted by atomic mass is 35.5. The predicted octanol–water partition coefficient (Wildman–Crippen LogP) is 2.37. The van der Waals surface area contributed by atoms with Crippen LogP contribution in [-0.2, 0) is 13.1 Å². The molecule has 0 saturated carbocycles. The van der Waals surface area contributed by atoms with Crippen molar-refractivity contribution in [1.29, 1.82) is 0 Å². The van der Waals surface area contributed by atoms with Gasteiger partial charge in [-0.1, -0.05) is 17.7 Å². The third-order valence-electron chi connectivity index (χ3n) is 2.65. The summed E-state index contributed by atoms with van der Waals surface area (Å²) in [5.41, 5.74) is 2.87. The average molecular weight is 252 g/mol. The maximum Gasteiger partial charge on any atom is 0.121 e. The first-order valence-electron chi connectivity index (χ1n) is 5.34. The first kappa shape index (κ1) is 12.0. The Hall–Kier alpha value is -1.52. The van der Waals surface area contributed by atoms with E-state index >= 15 is 0 Å². The van der Waals surface area contributed by atoms with E-state index in [0.717, 1.165) is 16.8 Å². The zero-order chi connectivity index (χ0) is 12.3. The van der Waals surface area contributed by atoms with Crippen LogP contribution in [0.15, 0.2) is 24.4 Å². The molecule has 1 aromatic heterocycles. The van der Waals surface area contributed by atoms with Gasteiger partial charge in [-0.15, -0.1) is 0 Å². The van der Waals surface area contributed by atoms with E-state index in [9.17, 15) is 5.11 Å². The van der Waals surface area contributed by atoms with Crippen LogP contribution in [0.25, 0.3) is 0 Å². The van der Waals surface area contributed by atoms with Crippen LogP contribution in [0.2, 0.25) is 5.02 Å². The maximum atomic E-state index is 9.66. The van der Waals surface area contributed by atoms with E-state index in [2.05, 4.69) is 15.5 Å². The number of hydrogen-bond acceptors (Lipinski definition) is 3. The third-order valence-corrected chi connectivity index (χ3v) is 3.00. The molecule has 17 heavy (non-hydrogen) atoms. The molecule has 2 aromatic rings. The lowest BCUT2D eigenvalue weighted by molar-refractivity contribution is 0.464. The highest BCUT2D eigenvalue weighted by Crippen LogP contribution is 2.24. The SMILES string of the molecule is Cc1[nH]ncc1CNCc1c(O)cccc1Cl. The standard InChI is InChI=1S/C12H14ClN3O/c1-8-9(6-15-16-8)5-14-7-10-11(13)3-2-4-12(10)17/h2-4,6,14,17H,5,7H2,1H3,(H,15,16). The summed E-state index contributed by atoms with van der Waals surface area (Å²) in [4.78, 5) is 0. The van der Waals surface area contributed by atoms with E-state index in [4.69, 9.17) is 11.6 Å². The Labute approximate surface area is 105 Å². The lowest BCUT2D eigenvalue weighted by Crippen LogP contribution is -2.13. The van der Waals surface area contributed by atoms with Crippen molar-refractivity contribution in [2.24, 2.45) is 0 Å². The molecule has 0 aliphatic carbocycles. The lowest BCUT2D eigenvalue weighted by Gasteiger charge is -2.08. The third kappa shape index (κ3) is 2.78. The Bertz CT molecular complexity index is 490. The Morgan fingerprint density at radius 2 is 2.24 bits per heavy atom. The number of aryl methyl sites for hydroxylation is 1. The van der Waals surface area contributed by atoms with E-state index in [1.165, 1.54) is 0 Å². The van der Waals surface area contributed by atoms with Crippen LogP contribution in [0.3, 0.4) is 0 Å². The van der Waals surface area contributed by atoms with Crippen molar-refractivity contribution in [3.63, 3.8) is 0 Å². The fraction of sp³-hybridized carbons (Fsp3) is 0.250. The number of nitrogens with zero attached hydrogens (tertiary/aromatic N) is 1. The summed E-state index contributed by atoms with van der Waals surface area (Å²) in [7, 11) is 0. The predicted molar refractivity (Wildman–Crippen MR) is 67.0 cm³/mol. The molecule has 2 rings (SSSR count). The first-order valence-corrected chi connectivity index (χ1v) is 5.72. The zero-order valence-electron chi connectivity index (χ0n) is 9.50. The highest BCUT2D eigenvalue weighted by Gasteiger charge is 2.06. The summed E-state index contributed by atoms with van der Waals surface area (Å²) in [5, 5.41) is 20.3. The summed E-state index contributed by atoms with van der Waals surface area (Å²) in [5.74, 6) is 0.217.